The molecular weight excluding hydrogens is 250 g/mol. The van der Waals surface area contributed by atoms with Crippen molar-refractivity contribution in [1.82, 2.24) is 0 Å². The fourth-order valence-corrected chi connectivity index (χ4v) is 2.56. The van der Waals surface area contributed by atoms with E-state index in [2.05, 4.69) is 25.4 Å². The maximum atomic E-state index is 6.16. The normalized spacial score (nSPS) is 17.4. The number of allylic oxidation sites excluding steroid dienone is 1. The molecule has 0 saturated heterocycles. The van der Waals surface area contributed by atoms with Gasteiger partial charge in [-0.15, -0.1) is 6.58 Å². The van der Waals surface area contributed by atoms with Crippen LogP contribution in [-0.4, -0.2) is 31.8 Å². The molecule has 116 valence electrons. The number of ether oxygens (including phenoxy) is 2. The zero-order valence-corrected chi connectivity index (χ0v) is 13.3. The predicted octanol–water partition coefficient (Wildman–Crippen LogP) is 4.37. The number of unbranched alkanes of at least 4 members (excludes halogenated alkanes) is 3. The van der Waals surface area contributed by atoms with Gasteiger partial charge in [0.05, 0.1) is 18.6 Å². The van der Waals surface area contributed by atoms with Crippen molar-refractivity contribution in [2.75, 3.05) is 19.8 Å². The van der Waals surface area contributed by atoms with Crippen LogP contribution in [-0.2, 0) is 9.47 Å². The van der Waals surface area contributed by atoms with Crippen LogP contribution in [0.2, 0.25) is 0 Å². The van der Waals surface area contributed by atoms with Crippen molar-refractivity contribution in [3.8, 4) is 0 Å². The monoisotopic (exact) mass is 281 g/mol. The van der Waals surface area contributed by atoms with Crippen LogP contribution in [0, 0.1) is 5.92 Å². The van der Waals surface area contributed by atoms with Gasteiger partial charge in [-0.2, -0.15) is 0 Å². The highest BCUT2D eigenvalue weighted by Crippen LogP contribution is 2.23. The molecule has 3 nitrogen and oxygen atoms in total. The largest absolute Gasteiger partial charge is 0.479 e. The van der Waals surface area contributed by atoms with E-state index in [0.717, 1.165) is 44.9 Å². The lowest BCUT2D eigenvalue weighted by molar-refractivity contribution is 0.0171. The Labute approximate surface area is 124 Å². The molecule has 1 aliphatic rings. The van der Waals surface area contributed by atoms with Gasteiger partial charge in [0.2, 0.25) is 0 Å². The molecule has 1 rings (SSSR count). The molecule has 3 heteroatoms. The Bertz CT molecular complexity index is 289. The molecular formula is C17H31NO2. The lowest BCUT2D eigenvalue weighted by Gasteiger charge is -2.26. The second-order valence-electron chi connectivity index (χ2n) is 5.46. The summed E-state index contributed by atoms with van der Waals surface area (Å²) >= 11 is 0. The third-order valence-electron chi connectivity index (χ3n) is 3.72. The number of rotatable bonds is 12. The maximum Gasteiger partial charge on any atom is 0.189 e. The molecule has 0 aromatic heterocycles. The highest BCUT2D eigenvalue weighted by molar-refractivity contribution is 5.80. The number of nitrogens with zero attached hydrogens (tertiary/aromatic N) is 1. The van der Waals surface area contributed by atoms with Crippen molar-refractivity contribution >= 4 is 5.90 Å². The summed E-state index contributed by atoms with van der Waals surface area (Å²) in [6.07, 6.45) is 10.2. The third-order valence-corrected chi connectivity index (χ3v) is 3.72. The van der Waals surface area contributed by atoms with Crippen LogP contribution in [0.3, 0.4) is 0 Å². The van der Waals surface area contributed by atoms with Gasteiger partial charge in [-0.1, -0.05) is 45.6 Å². The van der Waals surface area contributed by atoms with Crippen LogP contribution < -0.4 is 0 Å². The van der Waals surface area contributed by atoms with Crippen molar-refractivity contribution in [1.29, 1.82) is 0 Å². The van der Waals surface area contributed by atoms with Gasteiger partial charge in [0.1, 0.15) is 6.61 Å². The van der Waals surface area contributed by atoms with Crippen LogP contribution in [0.5, 0.6) is 0 Å². The van der Waals surface area contributed by atoms with Crippen LogP contribution in [0.4, 0.5) is 0 Å². The van der Waals surface area contributed by atoms with Crippen LogP contribution in [0.25, 0.3) is 0 Å². The van der Waals surface area contributed by atoms with E-state index in [0.29, 0.717) is 0 Å². The van der Waals surface area contributed by atoms with Gasteiger partial charge in [-0.25, -0.2) is 0 Å². The average molecular weight is 281 g/mol. The second kappa shape index (κ2) is 10.9. The standard InChI is InChI=1S/C17H31NO2/c1-4-7-9-13-19-16(11-8-5-2)15(10-6-3)17-18-12-14-20-17/h6,15-16H,3-5,7-14H2,1-2H3. The summed E-state index contributed by atoms with van der Waals surface area (Å²) in [4.78, 5) is 4.49. The minimum absolute atomic E-state index is 0.224. The van der Waals surface area contributed by atoms with Gasteiger partial charge in [-0.3, -0.25) is 4.99 Å². The quantitative estimate of drug-likeness (QED) is 0.393. The minimum atomic E-state index is 0.224. The molecule has 0 amide bonds. The Balaban J connectivity index is 2.57. The molecule has 0 bridgehead atoms. The fourth-order valence-electron chi connectivity index (χ4n) is 2.56. The smallest absolute Gasteiger partial charge is 0.189 e. The SMILES string of the molecule is C=CCC(C1=NCCO1)C(CCCC)OCCCCC. The Hall–Kier alpha value is -0.830. The summed E-state index contributed by atoms with van der Waals surface area (Å²) in [6, 6.07) is 0. The first-order valence-electron chi connectivity index (χ1n) is 8.23. The third kappa shape index (κ3) is 6.08. The highest BCUT2D eigenvalue weighted by Gasteiger charge is 2.28. The zero-order valence-electron chi connectivity index (χ0n) is 13.3. The van der Waals surface area contributed by atoms with E-state index in [1.807, 2.05) is 6.08 Å². The molecule has 0 spiro atoms. The average Bonchev–Trinajstić information content (AvgIpc) is 2.98. The molecule has 2 unspecified atom stereocenters. The lowest BCUT2D eigenvalue weighted by atomic mass is 9.94. The van der Waals surface area contributed by atoms with E-state index in [1.54, 1.807) is 0 Å². The lowest BCUT2D eigenvalue weighted by Crippen LogP contribution is -2.31. The second-order valence-corrected chi connectivity index (χ2v) is 5.46. The summed E-state index contributed by atoms with van der Waals surface area (Å²) in [7, 11) is 0. The van der Waals surface area contributed by atoms with Gasteiger partial charge in [-0.05, 0) is 19.3 Å². The van der Waals surface area contributed by atoms with Gasteiger partial charge in [0, 0.05) is 6.61 Å². The Morgan fingerprint density at radius 1 is 1.30 bits per heavy atom. The van der Waals surface area contributed by atoms with Crippen molar-refractivity contribution in [3.63, 3.8) is 0 Å². The van der Waals surface area contributed by atoms with E-state index >= 15 is 0 Å². The molecule has 0 aromatic rings. The molecule has 1 heterocycles. The van der Waals surface area contributed by atoms with Crippen molar-refractivity contribution in [2.45, 2.75) is 64.9 Å². The van der Waals surface area contributed by atoms with E-state index in [4.69, 9.17) is 9.47 Å². The highest BCUT2D eigenvalue weighted by atomic mass is 16.5. The molecule has 20 heavy (non-hydrogen) atoms. The van der Waals surface area contributed by atoms with Gasteiger partial charge in [0.25, 0.3) is 0 Å². The van der Waals surface area contributed by atoms with Gasteiger partial charge < -0.3 is 9.47 Å². The molecule has 0 aliphatic carbocycles. The summed E-state index contributed by atoms with van der Waals surface area (Å²) in [5, 5.41) is 0. The first-order chi connectivity index (χ1) is 9.83. The van der Waals surface area contributed by atoms with E-state index in [1.165, 1.54) is 25.7 Å². The molecule has 0 saturated carbocycles. The first-order valence-corrected chi connectivity index (χ1v) is 8.23. The van der Waals surface area contributed by atoms with E-state index in [-0.39, 0.29) is 12.0 Å². The Kier molecular flexibility index (Phi) is 9.38. The summed E-state index contributed by atoms with van der Waals surface area (Å²) in [5.74, 6) is 1.14. The molecule has 0 fully saturated rings. The summed E-state index contributed by atoms with van der Waals surface area (Å²) < 4.78 is 11.8. The summed E-state index contributed by atoms with van der Waals surface area (Å²) in [6.45, 7) is 10.7. The van der Waals surface area contributed by atoms with Gasteiger partial charge in [0.15, 0.2) is 5.90 Å². The number of hydrogen-bond donors (Lipinski definition) is 0. The van der Waals surface area contributed by atoms with E-state index < -0.39 is 0 Å². The van der Waals surface area contributed by atoms with Gasteiger partial charge >= 0.3 is 0 Å². The number of aliphatic imine (C=N–C) groups is 1. The van der Waals surface area contributed by atoms with Crippen LogP contribution in [0.1, 0.15) is 58.8 Å². The molecule has 0 aromatic carbocycles. The van der Waals surface area contributed by atoms with Crippen LogP contribution in [0.15, 0.2) is 17.6 Å². The zero-order chi connectivity index (χ0) is 14.6. The van der Waals surface area contributed by atoms with Crippen LogP contribution >= 0.6 is 0 Å². The fraction of sp³-hybridized carbons (Fsp3) is 0.824. The predicted molar refractivity (Wildman–Crippen MR) is 85.3 cm³/mol. The first kappa shape index (κ1) is 17.2. The van der Waals surface area contributed by atoms with Crippen molar-refractivity contribution < 1.29 is 9.47 Å². The molecule has 0 radical (unpaired) electrons. The molecule has 2 atom stereocenters. The maximum absolute atomic E-state index is 6.16. The van der Waals surface area contributed by atoms with Crippen molar-refractivity contribution in [3.05, 3.63) is 12.7 Å². The summed E-state index contributed by atoms with van der Waals surface area (Å²) in [5.41, 5.74) is 0. The Morgan fingerprint density at radius 2 is 2.10 bits per heavy atom. The molecule has 1 aliphatic heterocycles. The molecule has 0 N–H and O–H groups in total. The Morgan fingerprint density at radius 3 is 2.70 bits per heavy atom. The van der Waals surface area contributed by atoms with Crippen molar-refractivity contribution in [2.24, 2.45) is 10.9 Å². The number of hydrogen-bond acceptors (Lipinski definition) is 3. The topological polar surface area (TPSA) is 30.8 Å². The van der Waals surface area contributed by atoms with E-state index in [9.17, 15) is 0 Å². The minimum Gasteiger partial charge on any atom is -0.479 e.